The van der Waals surface area contributed by atoms with Crippen molar-refractivity contribution in [3.05, 3.63) is 11.3 Å². The lowest BCUT2D eigenvalue weighted by Gasteiger charge is -2.25. The first-order valence-electron chi connectivity index (χ1n) is 7.66. The lowest BCUT2D eigenvalue weighted by molar-refractivity contribution is 0.341. The van der Waals surface area contributed by atoms with Gasteiger partial charge in [-0.15, -0.1) is 0 Å². The summed E-state index contributed by atoms with van der Waals surface area (Å²) in [5.74, 6) is 0. The topological polar surface area (TPSA) is 78.1 Å². The second-order valence-corrected chi connectivity index (χ2v) is 7.08. The maximum absolute atomic E-state index is 12.8. The molecule has 1 unspecified atom stereocenters. The van der Waals surface area contributed by atoms with Crippen molar-refractivity contribution in [3.8, 4) is 0 Å². The summed E-state index contributed by atoms with van der Waals surface area (Å²) in [6.45, 7) is 11.5. The van der Waals surface area contributed by atoms with Gasteiger partial charge in [0.15, 0.2) is 5.03 Å². The molecule has 0 amide bonds. The third-order valence-electron chi connectivity index (χ3n) is 3.71. The second-order valence-electron chi connectivity index (χ2n) is 5.27. The Morgan fingerprint density at radius 2 is 2.00 bits per heavy atom. The van der Waals surface area contributed by atoms with E-state index in [9.17, 15) is 8.42 Å². The quantitative estimate of drug-likeness (QED) is 0.683. The number of nitrogens with one attached hydrogen (secondary N) is 2. The molecule has 0 spiro atoms. The fourth-order valence-electron chi connectivity index (χ4n) is 2.27. The van der Waals surface area contributed by atoms with E-state index in [2.05, 4.69) is 22.4 Å². The number of H-pyrrole nitrogens is 1. The largest absolute Gasteiger partial charge is 0.313 e. The monoisotopic (exact) mass is 316 g/mol. The Kier molecular flexibility index (Phi) is 6.83. The Morgan fingerprint density at radius 1 is 1.33 bits per heavy atom. The van der Waals surface area contributed by atoms with Crippen molar-refractivity contribution in [1.29, 1.82) is 0 Å². The van der Waals surface area contributed by atoms with Crippen LogP contribution in [0.5, 0.6) is 0 Å². The SMILES string of the molecule is CCCNCc1c(S(=O)(=O)N(CC)C(C)CC)n[nH]c1C. The molecule has 1 rings (SSSR count). The minimum Gasteiger partial charge on any atom is -0.313 e. The molecule has 0 aliphatic rings. The predicted molar refractivity (Wildman–Crippen MR) is 84.6 cm³/mol. The highest BCUT2D eigenvalue weighted by molar-refractivity contribution is 7.89. The van der Waals surface area contributed by atoms with Gasteiger partial charge in [-0.25, -0.2) is 8.42 Å². The van der Waals surface area contributed by atoms with Crippen LogP contribution >= 0.6 is 0 Å². The number of rotatable bonds is 9. The maximum Gasteiger partial charge on any atom is 0.262 e. The zero-order valence-electron chi connectivity index (χ0n) is 13.7. The molecule has 0 saturated heterocycles. The molecule has 1 aromatic rings. The van der Waals surface area contributed by atoms with Gasteiger partial charge >= 0.3 is 0 Å². The van der Waals surface area contributed by atoms with Gasteiger partial charge in [-0.05, 0) is 33.2 Å². The van der Waals surface area contributed by atoms with Gasteiger partial charge in [-0.2, -0.15) is 9.40 Å². The van der Waals surface area contributed by atoms with E-state index in [1.54, 1.807) is 0 Å². The fourth-order valence-corrected chi connectivity index (χ4v) is 4.16. The first kappa shape index (κ1) is 18.1. The summed E-state index contributed by atoms with van der Waals surface area (Å²) >= 11 is 0. The lowest BCUT2D eigenvalue weighted by atomic mass is 10.2. The van der Waals surface area contributed by atoms with E-state index in [1.807, 2.05) is 27.7 Å². The van der Waals surface area contributed by atoms with Crippen LogP contribution in [0.1, 0.15) is 51.8 Å². The van der Waals surface area contributed by atoms with Gasteiger partial charge in [0.25, 0.3) is 10.0 Å². The van der Waals surface area contributed by atoms with Crippen LogP contribution in [0.25, 0.3) is 0 Å². The van der Waals surface area contributed by atoms with E-state index < -0.39 is 10.0 Å². The molecular formula is C14H28N4O2S. The molecule has 7 heteroatoms. The molecule has 2 N–H and O–H groups in total. The first-order chi connectivity index (χ1) is 9.89. The molecule has 0 bridgehead atoms. The molecule has 0 fully saturated rings. The standard InChI is InChI=1S/C14H28N4O2S/c1-6-9-15-10-13-12(5)16-17-14(13)21(19,20)18(8-3)11(4)7-2/h11,15H,6-10H2,1-5H3,(H,16,17). The van der Waals surface area contributed by atoms with Crippen molar-refractivity contribution in [2.75, 3.05) is 13.1 Å². The van der Waals surface area contributed by atoms with Gasteiger partial charge in [0.05, 0.1) is 0 Å². The minimum atomic E-state index is -3.56. The van der Waals surface area contributed by atoms with Gasteiger partial charge in [0, 0.05) is 30.4 Å². The van der Waals surface area contributed by atoms with Crippen molar-refractivity contribution in [2.45, 2.75) is 65.1 Å². The molecule has 0 aliphatic heterocycles. The number of aryl methyl sites for hydroxylation is 1. The van der Waals surface area contributed by atoms with Crippen LogP contribution in [-0.4, -0.2) is 42.1 Å². The molecule has 1 aromatic heterocycles. The van der Waals surface area contributed by atoms with E-state index in [-0.39, 0.29) is 11.1 Å². The normalized spacial score (nSPS) is 13.8. The highest BCUT2D eigenvalue weighted by atomic mass is 32.2. The van der Waals surface area contributed by atoms with Crippen LogP contribution in [0.3, 0.4) is 0 Å². The number of sulfonamides is 1. The van der Waals surface area contributed by atoms with Gasteiger partial charge in [-0.3, -0.25) is 5.10 Å². The smallest absolute Gasteiger partial charge is 0.262 e. The van der Waals surface area contributed by atoms with Crippen LogP contribution in [0.15, 0.2) is 5.03 Å². The van der Waals surface area contributed by atoms with Gasteiger partial charge in [0.2, 0.25) is 0 Å². The van der Waals surface area contributed by atoms with Gasteiger partial charge < -0.3 is 5.32 Å². The van der Waals surface area contributed by atoms with Crippen LogP contribution in [-0.2, 0) is 16.6 Å². The van der Waals surface area contributed by atoms with Crippen LogP contribution < -0.4 is 5.32 Å². The van der Waals surface area contributed by atoms with Crippen LogP contribution in [0.2, 0.25) is 0 Å². The van der Waals surface area contributed by atoms with Crippen molar-refractivity contribution >= 4 is 10.0 Å². The van der Waals surface area contributed by atoms with Gasteiger partial charge in [0.1, 0.15) is 0 Å². The summed E-state index contributed by atoms with van der Waals surface area (Å²) in [4.78, 5) is 0. The molecule has 0 radical (unpaired) electrons. The Balaban J connectivity index is 3.13. The molecule has 0 aliphatic carbocycles. The van der Waals surface area contributed by atoms with Crippen molar-refractivity contribution in [3.63, 3.8) is 0 Å². The number of aromatic nitrogens is 2. The summed E-state index contributed by atoms with van der Waals surface area (Å²) < 4.78 is 27.2. The molecule has 122 valence electrons. The van der Waals surface area contributed by atoms with E-state index in [0.29, 0.717) is 13.1 Å². The molecule has 0 saturated carbocycles. The summed E-state index contributed by atoms with van der Waals surface area (Å²) in [7, 11) is -3.56. The Hall–Kier alpha value is -0.920. The zero-order chi connectivity index (χ0) is 16.0. The molecule has 0 aromatic carbocycles. The van der Waals surface area contributed by atoms with E-state index >= 15 is 0 Å². The summed E-state index contributed by atoms with van der Waals surface area (Å²) in [5.41, 5.74) is 1.54. The fraction of sp³-hybridized carbons (Fsp3) is 0.786. The zero-order valence-corrected chi connectivity index (χ0v) is 14.5. The van der Waals surface area contributed by atoms with Crippen molar-refractivity contribution in [2.24, 2.45) is 0 Å². The van der Waals surface area contributed by atoms with E-state index in [4.69, 9.17) is 0 Å². The summed E-state index contributed by atoms with van der Waals surface area (Å²) in [5, 5.41) is 10.3. The van der Waals surface area contributed by atoms with Crippen LogP contribution in [0, 0.1) is 6.92 Å². The highest BCUT2D eigenvalue weighted by Gasteiger charge is 2.31. The minimum absolute atomic E-state index is 0.0338. The third kappa shape index (κ3) is 4.05. The third-order valence-corrected chi connectivity index (χ3v) is 5.77. The van der Waals surface area contributed by atoms with Crippen molar-refractivity contribution < 1.29 is 8.42 Å². The van der Waals surface area contributed by atoms with Gasteiger partial charge in [-0.1, -0.05) is 20.8 Å². The Morgan fingerprint density at radius 3 is 2.52 bits per heavy atom. The number of hydrogen-bond donors (Lipinski definition) is 2. The molecule has 21 heavy (non-hydrogen) atoms. The molecular weight excluding hydrogens is 288 g/mol. The first-order valence-corrected chi connectivity index (χ1v) is 9.10. The molecule has 6 nitrogen and oxygen atoms in total. The maximum atomic E-state index is 12.8. The Bertz CT molecular complexity index is 539. The number of hydrogen-bond acceptors (Lipinski definition) is 4. The lowest BCUT2D eigenvalue weighted by Crippen LogP contribution is -2.38. The molecule has 1 heterocycles. The number of nitrogens with zero attached hydrogens (tertiary/aromatic N) is 2. The highest BCUT2D eigenvalue weighted by Crippen LogP contribution is 2.22. The Labute approximate surface area is 128 Å². The summed E-state index contributed by atoms with van der Waals surface area (Å²) in [6.07, 6.45) is 1.78. The van der Waals surface area contributed by atoms with E-state index in [0.717, 1.165) is 30.6 Å². The molecule has 1 atom stereocenters. The average Bonchev–Trinajstić information content (AvgIpc) is 2.81. The number of aromatic amines is 1. The van der Waals surface area contributed by atoms with Crippen LogP contribution in [0.4, 0.5) is 0 Å². The predicted octanol–water partition coefficient (Wildman–Crippen LogP) is 2.03. The second kappa shape index (κ2) is 7.91. The van der Waals surface area contributed by atoms with Crippen molar-refractivity contribution in [1.82, 2.24) is 19.8 Å². The summed E-state index contributed by atoms with van der Waals surface area (Å²) in [6, 6.07) is -0.0338. The van der Waals surface area contributed by atoms with E-state index in [1.165, 1.54) is 4.31 Å². The average molecular weight is 316 g/mol.